The largest absolute Gasteiger partial charge is 0.346 e. The highest BCUT2D eigenvalue weighted by Gasteiger charge is 2.30. The van der Waals surface area contributed by atoms with E-state index in [0.29, 0.717) is 18.5 Å². The Hall–Kier alpha value is -2.39. The third-order valence-corrected chi connectivity index (χ3v) is 6.35. The van der Waals surface area contributed by atoms with Crippen LogP contribution in [0.1, 0.15) is 50.9 Å². The van der Waals surface area contributed by atoms with Crippen LogP contribution in [0.3, 0.4) is 0 Å². The Morgan fingerprint density at radius 3 is 2.85 bits per heavy atom. The molecule has 6 heteroatoms. The predicted molar refractivity (Wildman–Crippen MR) is 105 cm³/mol. The first-order valence-corrected chi connectivity index (χ1v) is 10.2. The third-order valence-electron chi connectivity index (χ3n) is 6.35. The molecule has 2 aliphatic rings. The van der Waals surface area contributed by atoms with Crippen molar-refractivity contribution in [2.75, 3.05) is 13.1 Å². The number of hydrogen-bond acceptors (Lipinski definition) is 4. The van der Waals surface area contributed by atoms with Gasteiger partial charge in [-0.25, -0.2) is 9.97 Å². The summed E-state index contributed by atoms with van der Waals surface area (Å²) in [6, 6.07) is 5.28. The van der Waals surface area contributed by atoms with Crippen molar-refractivity contribution in [3.05, 3.63) is 24.3 Å². The molecule has 3 aromatic rings. The number of imidazole rings is 1. The van der Waals surface area contributed by atoms with Crippen molar-refractivity contribution in [1.29, 1.82) is 5.26 Å². The lowest BCUT2D eigenvalue weighted by Crippen LogP contribution is -2.40. The summed E-state index contributed by atoms with van der Waals surface area (Å²) in [6.07, 6.45) is 10.5. The van der Waals surface area contributed by atoms with Gasteiger partial charge in [0.15, 0.2) is 0 Å². The number of pyridine rings is 1. The summed E-state index contributed by atoms with van der Waals surface area (Å²) in [5, 5.41) is 10.2. The average molecular weight is 362 g/mol. The fourth-order valence-corrected chi connectivity index (χ4v) is 4.60. The number of aromatic nitrogens is 4. The van der Waals surface area contributed by atoms with Crippen LogP contribution in [0.2, 0.25) is 0 Å². The quantitative estimate of drug-likeness (QED) is 0.749. The smallest absolute Gasteiger partial charge is 0.139 e. The van der Waals surface area contributed by atoms with E-state index in [4.69, 9.17) is 10.2 Å². The van der Waals surface area contributed by atoms with E-state index in [1.54, 1.807) is 0 Å². The number of aromatic amines is 1. The molecular formula is C21H26N6. The standard InChI is InChI=1S/C21H26N6/c1-14(4-8-22)26-10-6-16(7-11-26)27-19(12-15-2-3-15)25-18-13-24-21-17(20(18)27)5-9-23-21/h5,9,13-16H,2-4,6-7,10-12H2,1H3,(H,23,24). The topological polar surface area (TPSA) is 73.5 Å². The summed E-state index contributed by atoms with van der Waals surface area (Å²) in [7, 11) is 0. The molecule has 27 heavy (non-hydrogen) atoms. The third kappa shape index (κ3) is 3.00. The van der Waals surface area contributed by atoms with E-state index in [-0.39, 0.29) is 0 Å². The lowest BCUT2D eigenvalue weighted by molar-refractivity contribution is 0.145. The molecule has 1 N–H and O–H groups in total. The summed E-state index contributed by atoms with van der Waals surface area (Å²) >= 11 is 0. The number of fused-ring (bicyclic) bond motifs is 3. The molecule has 1 saturated heterocycles. The minimum absolute atomic E-state index is 0.349. The van der Waals surface area contributed by atoms with Crippen molar-refractivity contribution in [2.24, 2.45) is 5.92 Å². The molecule has 4 heterocycles. The van der Waals surface area contributed by atoms with Crippen molar-refractivity contribution in [3.8, 4) is 6.07 Å². The van der Waals surface area contributed by atoms with E-state index in [1.165, 1.54) is 29.6 Å². The van der Waals surface area contributed by atoms with Gasteiger partial charge in [-0.3, -0.25) is 4.90 Å². The van der Waals surface area contributed by atoms with E-state index >= 15 is 0 Å². The Balaban J connectivity index is 1.51. The maximum Gasteiger partial charge on any atom is 0.139 e. The van der Waals surface area contributed by atoms with E-state index in [9.17, 15) is 0 Å². The minimum atomic E-state index is 0.349. The molecule has 0 aromatic carbocycles. The molecule has 0 spiro atoms. The number of rotatable bonds is 5. The van der Waals surface area contributed by atoms with Crippen molar-refractivity contribution in [2.45, 2.75) is 57.5 Å². The van der Waals surface area contributed by atoms with Crippen molar-refractivity contribution in [1.82, 2.24) is 24.4 Å². The van der Waals surface area contributed by atoms with Gasteiger partial charge in [-0.2, -0.15) is 5.26 Å². The Kier molecular flexibility index (Phi) is 4.13. The Morgan fingerprint density at radius 2 is 2.11 bits per heavy atom. The first-order valence-electron chi connectivity index (χ1n) is 10.2. The lowest BCUT2D eigenvalue weighted by atomic mass is 10.0. The van der Waals surface area contributed by atoms with Gasteiger partial charge in [-0.05, 0) is 44.6 Å². The molecule has 1 unspecified atom stereocenters. The molecule has 0 bridgehead atoms. The highest BCUT2D eigenvalue weighted by molar-refractivity contribution is 6.01. The molecule has 1 saturated carbocycles. The van der Waals surface area contributed by atoms with E-state index in [1.807, 2.05) is 12.4 Å². The number of likely N-dealkylation sites (tertiary alicyclic amines) is 1. The average Bonchev–Trinajstić information content (AvgIpc) is 3.23. The monoisotopic (exact) mass is 362 g/mol. The predicted octanol–water partition coefficient (Wildman–Crippen LogP) is 3.80. The van der Waals surface area contributed by atoms with Gasteiger partial charge in [0, 0.05) is 43.2 Å². The van der Waals surface area contributed by atoms with Crippen molar-refractivity contribution < 1.29 is 0 Å². The second-order valence-corrected chi connectivity index (χ2v) is 8.26. The number of hydrogen-bond donors (Lipinski definition) is 1. The zero-order chi connectivity index (χ0) is 18.4. The molecule has 3 aromatic heterocycles. The number of piperidine rings is 1. The SMILES string of the molecule is CC(CC#N)N1CCC(n2c(CC3CC3)nc3cnc4[nH]ccc4c32)CC1. The molecule has 0 amide bonds. The van der Waals surface area contributed by atoms with Gasteiger partial charge in [0.1, 0.15) is 17.0 Å². The summed E-state index contributed by atoms with van der Waals surface area (Å²) < 4.78 is 2.54. The zero-order valence-corrected chi connectivity index (χ0v) is 15.9. The normalized spacial score (nSPS) is 20.3. The number of nitrogens with one attached hydrogen (secondary N) is 1. The summed E-state index contributed by atoms with van der Waals surface area (Å²) in [6.45, 7) is 4.28. The highest BCUT2D eigenvalue weighted by Crippen LogP contribution is 2.37. The molecular weight excluding hydrogens is 336 g/mol. The van der Waals surface area contributed by atoms with Gasteiger partial charge in [0.25, 0.3) is 0 Å². The lowest BCUT2D eigenvalue weighted by Gasteiger charge is -2.36. The van der Waals surface area contributed by atoms with Crippen LogP contribution in [0.15, 0.2) is 18.5 Å². The van der Waals surface area contributed by atoms with Gasteiger partial charge in [-0.15, -0.1) is 0 Å². The number of nitriles is 1. The van der Waals surface area contributed by atoms with E-state index in [2.05, 4.69) is 38.5 Å². The maximum absolute atomic E-state index is 9.00. The second kappa shape index (κ2) is 6.65. The Labute approximate surface area is 159 Å². The summed E-state index contributed by atoms with van der Waals surface area (Å²) in [4.78, 5) is 15.3. The minimum Gasteiger partial charge on any atom is -0.346 e. The number of nitrogens with zero attached hydrogens (tertiary/aromatic N) is 5. The first kappa shape index (κ1) is 16.8. The van der Waals surface area contributed by atoms with E-state index < -0.39 is 0 Å². The van der Waals surface area contributed by atoms with Crippen LogP contribution in [-0.2, 0) is 6.42 Å². The molecule has 6 nitrogen and oxygen atoms in total. The van der Waals surface area contributed by atoms with Crippen LogP contribution in [0.4, 0.5) is 0 Å². The molecule has 140 valence electrons. The van der Waals surface area contributed by atoms with Gasteiger partial charge >= 0.3 is 0 Å². The van der Waals surface area contributed by atoms with Crippen LogP contribution in [-0.4, -0.2) is 43.6 Å². The number of H-pyrrole nitrogens is 1. The van der Waals surface area contributed by atoms with Crippen LogP contribution in [0.25, 0.3) is 22.1 Å². The highest BCUT2D eigenvalue weighted by atomic mass is 15.2. The maximum atomic E-state index is 9.00. The molecule has 5 rings (SSSR count). The van der Waals surface area contributed by atoms with Crippen LogP contribution in [0, 0.1) is 17.2 Å². The van der Waals surface area contributed by atoms with Crippen LogP contribution in [0.5, 0.6) is 0 Å². The molecule has 1 aliphatic carbocycles. The van der Waals surface area contributed by atoms with Gasteiger partial charge < -0.3 is 9.55 Å². The van der Waals surface area contributed by atoms with E-state index in [0.717, 1.165) is 49.4 Å². The van der Waals surface area contributed by atoms with Gasteiger partial charge in [-0.1, -0.05) is 0 Å². The molecule has 2 fully saturated rings. The first-order chi connectivity index (χ1) is 13.2. The van der Waals surface area contributed by atoms with Gasteiger partial charge in [0.05, 0.1) is 24.2 Å². The van der Waals surface area contributed by atoms with Crippen LogP contribution < -0.4 is 0 Å². The summed E-state index contributed by atoms with van der Waals surface area (Å²) in [5.41, 5.74) is 3.22. The fraction of sp³-hybridized carbons (Fsp3) is 0.571. The Bertz CT molecular complexity index is 997. The van der Waals surface area contributed by atoms with Crippen molar-refractivity contribution in [3.63, 3.8) is 0 Å². The molecule has 1 atom stereocenters. The van der Waals surface area contributed by atoms with Gasteiger partial charge in [0.2, 0.25) is 0 Å². The molecule has 1 aliphatic heterocycles. The second-order valence-electron chi connectivity index (χ2n) is 8.26. The fourth-order valence-electron chi connectivity index (χ4n) is 4.60. The Morgan fingerprint density at radius 1 is 1.30 bits per heavy atom. The van der Waals surface area contributed by atoms with Crippen LogP contribution >= 0.6 is 0 Å². The summed E-state index contributed by atoms with van der Waals surface area (Å²) in [5.74, 6) is 2.05. The zero-order valence-electron chi connectivity index (χ0n) is 15.9. The van der Waals surface area contributed by atoms with Crippen molar-refractivity contribution >= 4 is 22.1 Å². The molecule has 0 radical (unpaired) electrons.